The topological polar surface area (TPSA) is 54.5 Å². The Balaban J connectivity index is 2.47. The SMILES string of the molecule is C=CC1CN(S(=O)(=O)c2ccc(C)cc2)C(=O)/C1=C(\C)Cl. The van der Waals surface area contributed by atoms with Crippen LogP contribution >= 0.6 is 11.6 Å². The van der Waals surface area contributed by atoms with Gasteiger partial charge in [0.1, 0.15) is 0 Å². The van der Waals surface area contributed by atoms with Crippen LogP contribution in [0.2, 0.25) is 0 Å². The van der Waals surface area contributed by atoms with Crippen LogP contribution in [-0.4, -0.2) is 25.2 Å². The summed E-state index contributed by atoms with van der Waals surface area (Å²) in [5.41, 5.74) is 1.24. The van der Waals surface area contributed by atoms with Crippen LogP contribution < -0.4 is 0 Å². The maximum absolute atomic E-state index is 12.6. The summed E-state index contributed by atoms with van der Waals surface area (Å²) in [6.45, 7) is 7.12. The summed E-state index contributed by atoms with van der Waals surface area (Å²) >= 11 is 5.92. The second-order valence-corrected chi connectivity index (χ2v) is 7.37. The van der Waals surface area contributed by atoms with E-state index in [0.717, 1.165) is 9.87 Å². The summed E-state index contributed by atoms with van der Waals surface area (Å²) in [6, 6.07) is 6.39. The minimum atomic E-state index is -3.87. The molecular formula is C15H16ClNO3S. The Morgan fingerprint density at radius 3 is 2.38 bits per heavy atom. The van der Waals surface area contributed by atoms with E-state index in [2.05, 4.69) is 6.58 Å². The van der Waals surface area contributed by atoms with Gasteiger partial charge in [0.15, 0.2) is 0 Å². The first-order valence-electron chi connectivity index (χ1n) is 6.41. The number of sulfonamides is 1. The van der Waals surface area contributed by atoms with Crippen LogP contribution in [0.15, 0.2) is 52.4 Å². The Bertz CT molecular complexity index is 716. The van der Waals surface area contributed by atoms with Gasteiger partial charge in [0.2, 0.25) is 0 Å². The van der Waals surface area contributed by atoms with Gasteiger partial charge in [-0.15, -0.1) is 6.58 Å². The highest BCUT2D eigenvalue weighted by Crippen LogP contribution is 2.33. The monoisotopic (exact) mass is 325 g/mol. The van der Waals surface area contributed by atoms with E-state index in [1.165, 1.54) is 12.1 Å². The number of amides is 1. The van der Waals surface area contributed by atoms with Crippen LogP contribution in [0.4, 0.5) is 0 Å². The van der Waals surface area contributed by atoms with E-state index in [9.17, 15) is 13.2 Å². The number of benzene rings is 1. The third-order valence-electron chi connectivity index (χ3n) is 3.45. The molecule has 1 atom stereocenters. The van der Waals surface area contributed by atoms with Crippen molar-refractivity contribution in [1.82, 2.24) is 4.31 Å². The molecule has 0 spiro atoms. The summed E-state index contributed by atoms with van der Waals surface area (Å²) in [4.78, 5) is 12.5. The standard InChI is InChI=1S/C15H16ClNO3S/c1-4-12-9-17(15(18)14(12)11(3)16)21(19,20)13-7-5-10(2)6-8-13/h4-8,12H,1,9H2,2-3H3/b14-11+. The van der Waals surface area contributed by atoms with Crippen molar-refractivity contribution in [2.24, 2.45) is 5.92 Å². The number of halogens is 1. The van der Waals surface area contributed by atoms with Crippen molar-refractivity contribution in [2.75, 3.05) is 6.54 Å². The number of hydrogen-bond donors (Lipinski definition) is 0. The fraction of sp³-hybridized carbons (Fsp3) is 0.267. The van der Waals surface area contributed by atoms with Gasteiger partial charge < -0.3 is 0 Å². The van der Waals surface area contributed by atoms with Gasteiger partial charge in [0.05, 0.1) is 4.90 Å². The van der Waals surface area contributed by atoms with Gasteiger partial charge in [-0.05, 0) is 26.0 Å². The van der Waals surface area contributed by atoms with Gasteiger partial charge in [-0.2, -0.15) is 0 Å². The summed E-state index contributed by atoms with van der Waals surface area (Å²) in [5, 5.41) is 0.298. The fourth-order valence-corrected chi connectivity index (χ4v) is 3.91. The van der Waals surface area contributed by atoms with E-state index < -0.39 is 15.9 Å². The molecule has 1 unspecified atom stereocenters. The van der Waals surface area contributed by atoms with Crippen LogP contribution in [-0.2, 0) is 14.8 Å². The van der Waals surface area contributed by atoms with E-state index in [-0.39, 0.29) is 17.4 Å². The van der Waals surface area contributed by atoms with Gasteiger partial charge in [0.25, 0.3) is 15.9 Å². The first-order chi connectivity index (χ1) is 9.78. The molecule has 4 nitrogen and oxygen atoms in total. The predicted molar refractivity (Wildman–Crippen MR) is 82.3 cm³/mol. The lowest BCUT2D eigenvalue weighted by Gasteiger charge is -2.16. The Hall–Kier alpha value is -1.59. The molecule has 0 radical (unpaired) electrons. The van der Waals surface area contributed by atoms with Gasteiger partial charge in [-0.25, -0.2) is 12.7 Å². The average molecular weight is 326 g/mol. The lowest BCUT2D eigenvalue weighted by atomic mass is 10.0. The van der Waals surface area contributed by atoms with E-state index in [1.807, 2.05) is 6.92 Å². The van der Waals surface area contributed by atoms with E-state index in [4.69, 9.17) is 11.6 Å². The maximum Gasteiger partial charge on any atom is 0.266 e. The predicted octanol–water partition coefficient (Wildman–Crippen LogP) is 2.84. The number of aryl methyl sites for hydroxylation is 1. The van der Waals surface area contributed by atoms with Crippen LogP contribution in [0.5, 0.6) is 0 Å². The van der Waals surface area contributed by atoms with Gasteiger partial charge >= 0.3 is 0 Å². The normalized spacial score (nSPS) is 21.6. The van der Waals surface area contributed by atoms with Crippen molar-refractivity contribution in [3.8, 4) is 0 Å². The molecule has 1 aromatic rings. The minimum Gasteiger partial charge on any atom is -0.268 e. The summed E-state index contributed by atoms with van der Waals surface area (Å²) in [7, 11) is -3.87. The highest BCUT2D eigenvalue weighted by molar-refractivity contribution is 7.89. The van der Waals surface area contributed by atoms with Crippen LogP contribution in [0, 0.1) is 12.8 Å². The summed E-state index contributed by atoms with van der Waals surface area (Å²) in [6.07, 6.45) is 1.55. The zero-order valence-electron chi connectivity index (χ0n) is 11.8. The van der Waals surface area contributed by atoms with Crippen LogP contribution in [0.25, 0.3) is 0 Å². The molecule has 1 fully saturated rings. The van der Waals surface area contributed by atoms with E-state index in [0.29, 0.717) is 10.6 Å². The number of rotatable bonds is 3. The number of nitrogens with zero attached hydrogens (tertiary/aromatic N) is 1. The van der Waals surface area contributed by atoms with Gasteiger partial charge in [-0.3, -0.25) is 4.79 Å². The lowest BCUT2D eigenvalue weighted by molar-refractivity contribution is -0.120. The molecule has 1 amide bonds. The smallest absolute Gasteiger partial charge is 0.266 e. The third kappa shape index (κ3) is 2.76. The van der Waals surface area contributed by atoms with Crippen molar-refractivity contribution >= 4 is 27.5 Å². The molecule has 0 bridgehead atoms. The minimum absolute atomic E-state index is 0.0396. The summed E-state index contributed by atoms with van der Waals surface area (Å²) < 4.78 is 26.0. The lowest BCUT2D eigenvalue weighted by Crippen LogP contribution is -2.32. The Labute approximate surface area is 129 Å². The Morgan fingerprint density at radius 2 is 1.95 bits per heavy atom. The molecule has 0 N–H and O–H groups in total. The Kier molecular flexibility index (Phi) is 4.25. The Morgan fingerprint density at radius 1 is 1.38 bits per heavy atom. The molecule has 6 heteroatoms. The first-order valence-corrected chi connectivity index (χ1v) is 8.23. The van der Waals surface area contributed by atoms with Crippen LogP contribution in [0.3, 0.4) is 0 Å². The third-order valence-corrected chi connectivity index (χ3v) is 5.42. The fourth-order valence-electron chi connectivity index (χ4n) is 2.29. The molecule has 0 saturated carbocycles. The second-order valence-electron chi connectivity index (χ2n) is 4.94. The zero-order valence-corrected chi connectivity index (χ0v) is 13.4. The van der Waals surface area contributed by atoms with Crippen molar-refractivity contribution in [3.63, 3.8) is 0 Å². The molecule has 2 rings (SSSR count). The molecule has 1 saturated heterocycles. The maximum atomic E-state index is 12.6. The molecule has 0 aliphatic carbocycles. The van der Waals surface area contributed by atoms with Crippen LogP contribution in [0.1, 0.15) is 12.5 Å². The molecule has 112 valence electrons. The second kappa shape index (κ2) is 5.66. The molecule has 1 aliphatic rings. The molecule has 1 heterocycles. The highest BCUT2D eigenvalue weighted by Gasteiger charge is 2.41. The molecular weight excluding hydrogens is 310 g/mol. The molecule has 1 aromatic carbocycles. The average Bonchev–Trinajstić information content (AvgIpc) is 2.76. The number of hydrogen-bond acceptors (Lipinski definition) is 3. The quantitative estimate of drug-likeness (QED) is 0.634. The number of carbonyl (C=O) groups is 1. The van der Waals surface area contributed by atoms with Crippen molar-refractivity contribution in [3.05, 3.63) is 53.1 Å². The molecule has 1 aliphatic heterocycles. The summed E-state index contributed by atoms with van der Waals surface area (Å²) in [5.74, 6) is -0.955. The zero-order chi connectivity index (χ0) is 15.8. The largest absolute Gasteiger partial charge is 0.268 e. The van der Waals surface area contributed by atoms with E-state index >= 15 is 0 Å². The number of allylic oxidation sites excluding steroid dienone is 1. The number of carbonyl (C=O) groups excluding carboxylic acids is 1. The van der Waals surface area contributed by atoms with E-state index in [1.54, 1.807) is 25.1 Å². The molecule has 0 aromatic heterocycles. The first kappa shape index (κ1) is 15.8. The highest BCUT2D eigenvalue weighted by atomic mass is 35.5. The molecule has 21 heavy (non-hydrogen) atoms. The van der Waals surface area contributed by atoms with Gasteiger partial charge in [0, 0.05) is 23.1 Å². The van der Waals surface area contributed by atoms with Crippen molar-refractivity contribution in [2.45, 2.75) is 18.7 Å². The van der Waals surface area contributed by atoms with Gasteiger partial charge in [-0.1, -0.05) is 35.4 Å². The van der Waals surface area contributed by atoms with Crippen molar-refractivity contribution < 1.29 is 13.2 Å². The van der Waals surface area contributed by atoms with Crippen molar-refractivity contribution in [1.29, 1.82) is 0 Å².